The Morgan fingerprint density at radius 2 is 1.80 bits per heavy atom. The van der Waals surface area contributed by atoms with E-state index in [-0.39, 0.29) is 5.91 Å². The normalized spacial score (nSPS) is 12.2. The predicted molar refractivity (Wildman–Crippen MR) is 118 cm³/mol. The molecule has 158 valence electrons. The molecule has 1 atom stereocenters. The van der Waals surface area contributed by atoms with E-state index in [1.54, 1.807) is 32.2 Å². The number of aromatic nitrogens is 2. The molecule has 0 saturated carbocycles. The third-order valence-electron chi connectivity index (χ3n) is 5.36. The Balaban J connectivity index is 2.28. The molecule has 3 aromatic rings. The van der Waals surface area contributed by atoms with Gasteiger partial charge in [0.05, 0.1) is 23.2 Å². The van der Waals surface area contributed by atoms with Crippen LogP contribution in [0, 0.1) is 20.8 Å². The fourth-order valence-corrected chi connectivity index (χ4v) is 3.46. The summed E-state index contributed by atoms with van der Waals surface area (Å²) in [7, 11) is 1.55. The molecule has 0 fully saturated rings. The molecule has 3 rings (SSSR count). The van der Waals surface area contributed by atoms with Gasteiger partial charge in [0.1, 0.15) is 6.04 Å². The lowest BCUT2D eigenvalue weighted by Crippen LogP contribution is -2.44. The summed E-state index contributed by atoms with van der Waals surface area (Å²) in [6.07, 6.45) is 0. The van der Waals surface area contributed by atoms with Gasteiger partial charge in [-0.25, -0.2) is 9.36 Å². The molecular formula is C23H27N3O4. The average molecular weight is 409 g/mol. The molecule has 1 heterocycles. The first kappa shape index (κ1) is 21.5. The summed E-state index contributed by atoms with van der Waals surface area (Å²) >= 11 is 0. The van der Waals surface area contributed by atoms with Crippen molar-refractivity contribution in [3.63, 3.8) is 0 Å². The van der Waals surface area contributed by atoms with Crippen molar-refractivity contribution in [3.05, 3.63) is 73.9 Å². The number of rotatable bonds is 6. The fraction of sp³-hybridized carbons (Fsp3) is 0.348. The van der Waals surface area contributed by atoms with Crippen molar-refractivity contribution in [2.24, 2.45) is 0 Å². The Morgan fingerprint density at radius 1 is 1.07 bits per heavy atom. The summed E-state index contributed by atoms with van der Waals surface area (Å²) in [6, 6.07) is 9.93. The zero-order chi connectivity index (χ0) is 22.0. The maximum Gasteiger partial charge on any atom is 0.336 e. The maximum absolute atomic E-state index is 13.5. The van der Waals surface area contributed by atoms with Crippen LogP contribution in [-0.4, -0.2) is 35.3 Å². The molecule has 0 aliphatic carbocycles. The van der Waals surface area contributed by atoms with Gasteiger partial charge in [-0.05, 0) is 63.1 Å². The van der Waals surface area contributed by atoms with Gasteiger partial charge in [0.15, 0.2) is 0 Å². The Labute approximate surface area is 174 Å². The van der Waals surface area contributed by atoms with Gasteiger partial charge in [-0.15, -0.1) is 0 Å². The molecule has 7 heteroatoms. The standard InChI is InChI=1S/C23H27N3O4/c1-14-6-9-20-19(12-14)22(28)26(18-8-7-15(2)16(3)13-18)23(29)25(20)17(4)21(27)24-10-11-30-5/h6-9,12-13,17H,10-11H2,1-5H3,(H,24,27). The first-order valence-electron chi connectivity index (χ1n) is 9.88. The summed E-state index contributed by atoms with van der Waals surface area (Å²) < 4.78 is 7.50. The number of hydrogen-bond donors (Lipinski definition) is 1. The Kier molecular flexibility index (Phi) is 6.22. The minimum absolute atomic E-state index is 0.318. The van der Waals surface area contributed by atoms with Crippen LogP contribution in [0.1, 0.15) is 29.7 Å². The molecule has 1 aromatic heterocycles. The van der Waals surface area contributed by atoms with Gasteiger partial charge in [0.25, 0.3) is 5.56 Å². The van der Waals surface area contributed by atoms with Crippen molar-refractivity contribution in [3.8, 4) is 5.69 Å². The number of nitrogens with zero attached hydrogens (tertiary/aromatic N) is 2. The van der Waals surface area contributed by atoms with E-state index in [1.165, 1.54) is 4.57 Å². The van der Waals surface area contributed by atoms with Crippen molar-refractivity contribution in [2.75, 3.05) is 20.3 Å². The van der Waals surface area contributed by atoms with E-state index in [0.717, 1.165) is 21.3 Å². The zero-order valence-electron chi connectivity index (χ0n) is 18.0. The Hall–Kier alpha value is -3.19. The van der Waals surface area contributed by atoms with Crippen molar-refractivity contribution in [1.82, 2.24) is 14.5 Å². The minimum Gasteiger partial charge on any atom is -0.383 e. The van der Waals surface area contributed by atoms with E-state index in [0.29, 0.717) is 29.7 Å². The predicted octanol–water partition coefficient (Wildman–Crippen LogP) is 2.40. The second-order valence-corrected chi connectivity index (χ2v) is 7.54. The van der Waals surface area contributed by atoms with Crippen molar-refractivity contribution >= 4 is 16.8 Å². The van der Waals surface area contributed by atoms with Crippen LogP contribution >= 0.6 is 0 Å². The fourth-order valence-electron chi connectivity index (χ4n) is 3.46. The topological polar surface area (TPSA) is 82.3 Å². The number of methoxy groups -OCH3 is 1. The van der Waals surface area contributed by atoms with Gasteiger partial charge in [0, 0.05) is 13.7 Å². The smallest absolute Gasteiger partial charge is 0.336 e. The molecule has 0 radical (unpaired) electrons. The van der Waals surface area contributed by atoms with Crippen molar-refractivity contribution < 1.29 is 9.53 Å². The quantitative estimate of drug-likeness (QED) is 0.634. The molecule has 1 N–H and O–H groups in total. The molecule has 2 aromatic carbocycles. The van der Waals surface area contributed by atoms with Crippen molar-refractivity contribution in [1.29, 1.82) is 0 Å². The first-order valence-corrected chi connectivity index (χ1v) is 9.88. The van der Waals surface area contributed by atoms with Crippen LogP contribution in [0.2, 0.25) is 0 Å². The number of nitrogens with one attached hydrogen (secondary N) is 1. The molecule has 0 bridgehead atoms. The lowest BCUT2D eigenvalue weighted by molar-refractivity contribution is -0.124. The van der Waals surface area contributed by atoms with E-state index in [2.05, 4.69) is 5.32 Å². The van der Waals surface area contributed by atoms with Gasteiger partial charge < -0.3 is 10.1 Å². The van der Waals surface area contributed by atoms with Crippen LogP contribution < -0.4 is 16.6 Å². The Morgan fingerprint density at radius 3 is 2.47 bits per heavy atom. The SMILES string of the molecule is COCCNC(=O)C(C)n1c(=O)n(-c2ccc(C)c(C)c2)c(=O)c2cc(C)ccc21. The molecule has 0 saturated heterocycles. The number of hydrogen-bond acceptors (Lipinski definition) is 4. The lowest BCUT2D eigenvalue weighted by Gasteiger charge is -2.20. The second-order valence-electron chi connectivity index (χ2n) is 7.54. The van der Waals surface area contributed by atoms with Crippen LogP contribution in [0.25, 0.3) is 16.6 Å². The molecule has 0 spiro atoms. The summed E-state index contributed by atoms with van der Waals surface area (Å²) in [6.45, 7) is 8.14. The molecule has 7 nitrogen and oxygen atoms in total. The highest BCUT2D eigenvalue weighted by molar-refractivity contribution is 5.84. The van der Waals surface area contributed by atoms with Gasteiger partial charge in [-0.3, -0.25) is 14.2 Å². The van der Waals surface area contributed by atoms with Crippen LogP contribution in [-0.2, 0) is 9.53 Å². The van der Waals surface area contributed by atoms with Crippen LogP contribution in [0.15, 0.2) is 46.0 Å². The number of ether oxygens (including phenoxy) is 1. The summed E-state index contributed by atoms with van der Waals surface area (Å²) in [5.41, 5.74) is 2.91. The molecule has 0 aliphatic rings. The van der Waals surface area contributed by atoms with Gasteiger partial charge in [0.2, 0.25) is 5.91 Å². The van der Waals surface area contributed by atoms with E-state index in [9.17, 15) is 14.4 Å². The highest BCUT2D eigenvalue weighted by Crippen LogP contribution is 2.18. The van der Waals surface area contributed by atoms with Crippen LogP contribution in [0.5, 0.6) is 0 Å². The second kappa shape index (κ2) is 8.67. The largest absolute Gasteiger partial charge is 0.383 e. The number of carbonyl (C=O) groups excluding carboxylic acids is 1. The third kappa shape index (κ3) is 3.93. The first-order chi connectivity index (χ1) is 14.3. The van der Waals surface area contributed by atoms with Crippen molar-refractivity contribution in [2.45, 2.75) is 33.7 Å². The number of fused-ring (bicyclic) bond motifs is 1. The summed E-state index contributed by atoms with van der Waals surface area (Å²) in [5, 5.41) is 3.16. The maximum atomic E-state index is 13.5. The number of carbonyl (C=O) groups is 1. The minimum atomic E-state index is -0.807. The van der Waals surface area contributed by atoms with Crippen LogP contribution in [0.4, 0.5) is 0 Å². The summed E-state index contributed by atoms with van der Waals surface area (Å²) in [5.74, 6) is -0.318. The Bertz CT molecular complexity index is 1220. The number of aryl methyl sites for hydroxylation is 3. The summed E-state index contributed by atoms with van der Waals surface area (Å²) in [4.78, 5) is 39.5. The molecule has 1 unspecified atom stereocenters. The third-order valence-corrected chi connectivity index (χ3v) is 5.36. The van der Waals surface area contributed by atoms with E-state index >= 15 is 0 Å². The molecular weight excluding hydrogens is 382 g/mol. The van der Waals surface area contributed by atoms with E-state index < -0.39 is 17.3 Å². The molecule has 0 aliphatic heterocycles. The van der Waals surface area contributed by atoms with Gasteiger partial charge in [-0.1, -0.05) is 17.7 Å². The monoisotopic (exact) mass is 409 g/mol. The number of benzene rings is 2. The zero-order valence-corrected chi connectivity index (χ0v) is 18.0. The molecule has 30 heavy (non-hydrogen) atoms. The van der Waals surface area contributed by atoms with Crippen LogP contribution in [0.3, 0.4) is 0 Å². The highest BCUT2D eigenvalue weighted by atomic mass is 16.5. The average Bonchev–Trinajstić information content (AvgIpc) is 2.71. The molecule has 1 amide bonds. The van der Waals surface area contributed by atoms with E-state index in [1.807, 2.05) is 39.0 Å². The lowest BCUT2D eigenvalue weighted by atomic mass is 10.1. The van der Waals surface area contributed by atoms with Gasteiger partial charge in [-0.2, -0.15) is 0 Å². The van der Waals surface area contributed by atoms with E-state index in [4.69, 9.17) is 4.74 Å². The highest BCUT2D eigenvalue weighted by Gasteiger charge is 2.22. The van der Waals surface area contributed by atoms with Gasteiger partial charge >= 0.3 is 5.69 Å². The number of amides is 1.